The Morgan fingerprint density at radius 1 is 1.26 bits per heavy atom. The fraction of sp³-hybridized carbons (Fsp3) is 0.857. The minimum Gasteiger partial charge on any atom is -0.480 e. The van der Waals surface area contributed by atoms with Crippen molar-refractivity contribution in [2.75, 3.05) is 0 Å². The molecule has 0 spiro atoms. The summed E-state index contributed by atoms with van der Waals surface area (Å²) in [5.41, 5.74) is 0. The molecule has 5 nitrogen and oxygen atoms in total. The molecule has 0 bridgehead atoms. The van der Waals surface area contributed by atoms with Crippen LogP contribution in [0.3, 0.4) is 0 Å². The van der Waals surface area contributed by atoms with Gasteiger partial charge in [-0.25, -0.2) is 9.59 Å². The SMILES string of the molecule is CC(C)C[C@@H](NC(=O)NC1CCCCC1C)C(=O)O. The maximum Gasteiger partial charge on any atom is 0.326 e. The Morgan fingerprint density at radius 3 is 2.42 bits per heavy atom. The molecule has 1 aliphatic carbocycles. The van der Waals surface area contributed by atoms with Crippen molar-refractivity contribution in [3.8, 4) is 0 Å². The first-order valence-electron chi connectivity index (χ1n) is 7.20. The van der Waals surface area contributed by atoms with E-state index in [-0.39, 0.29) is 18.0 Å². The van der Waals surface area contributed by atoms with Gasteiger partial charge in [-0.2, -0.15) is 0 Å². The Hall–Kier alpha value is -1.26. The van der Waals surface area contributed by atoms with E-state index < -0.39 is 12.0 Å². The molecule has 5 heteroatoms. The average molecular weight is 270 g/mol. The second kappa shape index (κ2) is 7.36. The van der Waals surface area contributed by atoms with Crippen LogP contribution in [0.2, 0.25) is 0 Å². The predicted octanol–water partition coefficient (Wildman–Crippen LogP) is 2.36. The highest BCUT2D eigenvalue weighted by atomic mass is 16.4. The third-order valence-corrected chi connectivity index (χ3v) is 3.74. The van der Waals surface area contributed by atoms with Gasteiger partial charge in [-0.15, -0.1) is 0 Å². The number of hydrogen-bond donors (Lipinski definition) is 3. The number of carbonyl (C=O) groups excluding carboxylic acids is 1. The summed E-state index contributed by atoms with van der Waals surface area (Å²) in [6.45, 7) is 6.02. The first-order chi connectivity index (χ1) is 8.90. The number of amides is 2. The van der Waals surface area contributed by atoms with Gasteiger partial charge in [0, 0.05) is 6.04 Å². The van der Waals surface area contributed by atoms with Crippen molar-refractivity contribution in [3.63, 3.8) is 0 Å². The second-order valence-electron chi connectivity index (χ2n) is 6.01. The van der Waals surface area contributed by atoms with E-state index in [2.05, 4.69) is 17.6 Å². The second-order valence-corrected chi connectivity index (χ2v) is 6.01. The molecule has 1 aliphatic rings. The molecular formula is C14H26N2O3. The Labute approximate surface area is 115 Å². The molecule has 0 aromatic heterocycles. The summed E-state index contributed by atoms with van der Waals surface area (Å²) in [5, 5.41) is 14.6. The summed E-state index contributed by atoms with van der Waals surface area (Å²) in [4.78, 5) is 23.0. The first kappa shape index (κ1) is 15.8. The van der Waals surface area contributed by atoms with E-state index in [1.807, 2.05) is 13.8 Å². The van der Waals surface area contributed by atoms with Gasteiger partial charge in [-0.05, 0) is 31.1 Å². The molecule has 19 heavy (non-hydrogen) atoms. The molecule has 0 aromatic carbocycles. The molecule has 0 radical (unpaired) electrons. The fourth-order valence-electron chi connectivity index (χ4n) is 2.59. The van der Waals surface area contributed by atoms with Crippen LogP contribution in [0.15, 0.2) is 0 Å². The highest BCUT2D eigenvalue weighted by Crippen LogP contribution is 2.23. The monoisotopic (exact) mass is 270 g/mol. The highest BCUT2D eigenvalue weighted by Gasteiger charge is 2.25. The van der Waals surface area contributed by atoms with Gasteiger partial charge in [0.1, 0.15) is 6.04 Å². The van der Waals surface area contributed by atoms with Gasteiger partial charge in [0.25, 0.3) is 0 Å². The van der Waals surface area contributed by atoms with E-state index in [4.69, 9.17) is 5.11 Å². The van der Waals surface area contributed by atoms with Gasteiger partial charge in [0.2, 0.25) is 0 Å². The van der Waals surface area contributed by atoms with Gasteiger partial charge >= 0.3 is 12.0 Å². The fourth-order valence-corrected chi connectivity index (χ4v) is 2.59. The summed E-state index contributed by atoms with van der Waals surface area (Å²) in [5.74, 6) is -0.275. The zero-order chi connectivity index (χ0) is 14.4. The summed E-state index contributed by atoms with van der Waals surface area (Å²) >= 11 is 0. The lowest BCUT2D eigenvalue weighted by atomic mass is 9.86. The standard InChI is InChI=1S/C14H26N2O3/c1-9(2)8-12(13(17)18)16-14(19)15-11-7-5-4-6-10(11)3/h9-12H,4-8H2,1-3H3,(H,17,18)(H2,15,16,19)/t10?,11?,12-/m1/s1. The molecular weight excluding hydrogens is 244 g/mol. The highest BCUT2D eigenvalue weighted by molar-refractivity contribution is 5.82. The molecule has 1 fully saturated rings. The molecule has 2 amide bonds. The maximum atomic E-state index is 11.9. The smallest absolute Gasteiger partial charge is 0.326 e. The van der Waals surface area contributed by atoms with Gasteiger partial charge in [0.15, 0.2) is 0 Å². The topological polar surface area (TPSA) is 78.4 Å². The predicted molar refractivity (Wildman–Crippen MR) is 74.0 cm³/mol. The minimum atomic E-state index is -0.972. The number of carboxylic acid groups (broad SMARTS) is 1. The molecule has 3 atom stereocenters. The van der Waals surface area contributed by atoms with Crippen molar-refractivity contribution in [3.05, 3.63) is 0 Å². The Morgan fingerprint density at radius 2 is 1.89 bits per heavy atom. The zero-order valence-electron chi connectivity index (χ0n) is 12.1. The van der Waals surface area contributed by atoms with Crippen LogP contribution in [0, 0.1) is 11.8 Å². The van der Waals surface area contributed by atoms with Crippen LogP contribution >= 0.6 is 0 Å². The van der Waals surface area contributed by atoms with Crippen LogP contribution in [0.5, 0.6) is 0 Å². The lowest BCUT2D eigenvalue weighted by Crippen LogP contribution is -2.51. The zero-order valence-corrected chi connectivity index (χ0v) is 12.1. The van der Waals surface area contributed by atoms with E-state index in [9.17, 15) is 9.59 Å². The number of rotatable bonds is 5. The van der Waals surface area contributed by atoms with Crippen LogP contribution < -0.4 is 10.6 Å². The molecule has 0 aromatic rings. The van der Waals surface area contributed by atoms with Gasteiger partial charge in [-0.3, -0.25) is 0 Å². The molecule has 1 saturated carbocycles. The first-order valence-corrected chi connectivity index (χ1v) is 7.20. The van der Waals surface area contributed by atoms with Crippen LogP contribution in [-0.4, -0.2) is 29.2 Å². The average Bonchev–Trinajstić information content (AvgIpc) is 2.30. The van der Waals surface area contributed by atoms with Gasteiger partial charge in [-0.1, -0.05) is 33.6 Å². The van der Waals surface area contributed by atoms with E-state index in [1.54, 1.807) is 0 Å². The number of aliphatic carboxylic acids is 1. The molecule has 1 rings (SSSR count). The molecule has 2 unspecified atom stereocenters. The normalized spacial score (nSPS) is 24.8. The van der Waals surface area contributed by atoms with E-state index in [0.717, 1.165) is 19.3 Å². The summed E-state index contributed by atoms with van der Waals surface area (Å²) in [6, 6.07) is -0.993. The van der Waals surface area contributed by atoms with E-state index in [0.29, 0.717) is 12.3 Å². The van der Waals surface area contributed by atoms with Crippen LogP contribution in [0.1, 0.15) is 52.9 Å². The maximum absolute atomic E-state index is 11.9. The summed E-state index contributed by atoms with van der Waals surface area (Å²) in [6.07, 6.45) is 4.90. The van der Waals surface area contributed by atoms with Crippen LogP contribution in [0.25, 0.3) is 0 Å². The van der Waals surface area contributed by atoms with Crippen molar-refractivity contribution in [2.24, 2.45) is 11.8 Å². The molecule has 110 valence electrons. The lowest BCUT2D eigenvalue weighted by Gasteiger charge is -2.30. The third kappa shape index (κ3) is 5.49. The summed E-state index contributed by atoms with van der Waals surface area (Å²) < 4.78 is 0. The number of nitrogens with one attached hydrogen (secondary N) is 2. The summed E-state index contributed by atoms with van der Waals surface area (Å²) in [7, 11) is 0. The van der Waals surface area contributed by atoms with Crippen LogP contribution in [0.4, 0.5) is 4.79 Å². The van der Waals surface area contributed by atoms with Crippen molar-refractivity contribution >= 4 is 12.0 Å². The van der Waals surface area contributed by atoms with Crippen molar-refractivity contribution in [1.29, 1.82) is 0 Å². The van der Waals surface area contributed by atoms with Crippen molar-refractivity contribution < 1.29 is 14.7 Å². The number of urea groups is 1. The van der Waals surface area contributed by atoms with Crippen molar-refractivity contribution in [1.82, 2.24) is 10.6 Å². The third-order valence-electron chi connectivity index (χ3n) is 3.74. The van der Waals surface area contributed by atoms with E-state index in [1.165, 1.54) is 6.42 Å². The molecule has 0 aliphatic heterocycles. The Kier molecular flexibility index (Phi) is 6.12. The van der Waals surface area contributed by atoms with E-state index >= 15 is 0 Å². The van der Waals surface area contributed by atoms with Crippen molar-refractivity contribution in [2.45, 2.75) is 65.0 Å². The largest absolute Gasteiger partial charge is 0.480 e. The Bertz CT molecular complexity index is 318. The number of hydrogen-bond acceptors (Lipinski definition) is 2. The Balaban J connectivity index is 2.45. The number of carbonyl (C=O) groups is 2. The van der Waals surface area contributed by atoms with Gasteiger partial charge < -0.3 is 15.7 Å². The molecule has 3 N–H and O–H groups in total. The van der Waals surface area contributed by atoms with Crippen LogP contribution in [-0.2, 0) is 4.79 Å². The lowest BCUT2D eigenvalue weighted by molar-refractivity contribution is -0.139. The molecule has 0 heterocycles. The quantitative estimate of drug-likeness (QED) is 0.717. The number of carboxylic acids is 1. The van der Waals surface area contributed by atoms with Gasteiger partial charge in [0.05, 0.1) is 0 Å². The molecule has 0 saturated heterocycles. The minimum absolute atomic E-state index is 0.169.